The SMILES string of the molecule is O=C=NC1(c2cc(Br)cc3c2OCO3)CCCC1. The predicted octanol–water partition coefficient (Wildman–Crippen LogP) is 3.28. The van der Waals surface area contributed by atoms with Crippen molar-refractivity contribution in [2.75, 3.05) is 6.79 Å². The lowest BCUT2D eigenvalue weighted by Gasteiger charge is -2.24. The number of ether oxygens (including phenoxy) is 2. The van der Waals surface area contributed by atoms with Gasteiger partial charge in [-0.15, -0.1) is 0 Å². The molecule has 4 nitrogen and oxygen atoms in total. The standard InChI is InChI=1S/C13H12BrNO3/c14-9-5-10(12-11(6-9)17-8-18-12)13(15-7-16)3-1-2-4-13/h5-6H,1-4,8H2. The van der Waals surface area contributed by atoms with Crippen molar-refractivity contribution in [3.8, 4) is 11.5 Å². The summed E-state index contributed by atoms with van der Waals surface area (Å²) in [5, 5.41) is 0. The molecule has 0 amide bonds. The minimum absolute atomic E-state index is 0.222. The molecular formula is C13H12BrNO3. The molecule has 1 aliphatic carbocycles. The Bertz CT molecular complexity index is 531. The van der Waals surface area contributed by atoms with Crippen molar-refractivity contribution < 1.29 is 14.3 Å². The average molecular weight is 310 g/mol. The Labute approximate surface area is 113 Å². The lowest BCUT2D eigenvalue weighted by Crippen LogP contribution is -2.19. The van der Waals surface area contributed by atoms with Gasteiger partial charge in [-0.25, -0.2) is 4.79 Å². The second kappa shape index (κ2) is 4.41. The summed E-state index contributed by atoms with van der Waals surface area (Å²) in [4.78, 5) is 14.8. The molecule has 3 rings (SSSR count). The summed E-state index contributed by atoms with van der Waals surface area (Å²) in [6, 6.07) is 3.85. The number of halogens is 1. The van der Waals surface area contributed by atoms with Crippen LogP contribution in [0.5, 0.6) is 11.5 Å². The van der Waals surface area contributed by atoms with Gasteiger partial charge in [-0.2, -0.15) is 4.99 Å². The molecule has 1 aromatic carbocycles. The smallest absolute Gasteiger partial charge is 0.235 e. The van der Waals surface area contributed by atoms with E-state index in [0.29, 0.717) is 5.75 Å². The average Bonchev–Trinajstić information content (AvgIpc) is 2.97. The van der Waals surface area contributed by atoms with Gasteiger partial charge in [0.25, 0.3) is 0 Å². The maximum absolute atomic E-state index is 10.7. The van der Waals surface area contributed by atoms with Crippen LogP contribution in [0.2, 0.25) is 0 Å². The Morgan fingerprint density at radius 2 is 2.06 bits per heavy atom. The molecule has 1 heterocycles. The highest BCUT2D eigenvalue weighted by Crippen LogP contribution is 2.50. The third kappa shape index (κ3) is 1.74. The Morgan fingerprint density at radius 3 is 2.78 bits per heavy atom. The molecular weight excluding hydrogens is 298 g/mol. The zero-order valence-corrected chi connectivity index (χ0v) is 11.3. The van der Waals surface area contributed by atoms with E-state index < -0.39 is 5.54 Å². The van der Waals surface area contributed by atoms with Crippen molar-refractivity contribution in [1.29, 1.82) is 0 Å². The number of aliphatic imine (C=N–C) groups is 1. The van der Waals surface area contributed by atoms with E-state index in [1.165, 1.54) is 0 Å². The van der Waals surface area contributed by atoms with Crippen molar-refractivity contribution in [1.82, 2.24) is 0 Å². The molecule has 0 N–H and O–H groups in total. The van der Waals surface area contributed by atoms with Gasteiger partial charge >= 0.3 is 0 Å². The monoisotopic (exact) mass is 309 g/mol. The lowest BCUT2D eigenvalue weighted by molar-refractivity contribution is 0.172. The molecule has 18 heavy (non-hydrogen) atoms. The van der Waals surface area contributed by atoms with E-state index in [1.807, 2.05) is 12.1 Å². The van der Waals surface area contributed by atoms with Gasteiger partial charge in [-0.05, 0) is 25.0 Å². The maximum atomic E-state index is 10.7. The highest BCUT2D eigenvalue weighted by atomic mass is 79.9. The largest absolute Gasteiger partial charge is 0.454 e. The van der Waals surface area contributed by atoms with Crippen molar-refractivity contribution in [3.63, 3.8) is 0 Å². The van der Waals surface area contributed by atoms with Crippen LogP contribution in [0.25, 0.3) is 0 Å². The molecule has 0 atom stereocenters. The fourth-order valence-corrected chi connectivity index (χ4v) is 3.25. The van der Waals surface area contributed by atoms with E-state index in [1.54, 1.807) is 6.08 Å². The molecule has 1 aliphatic heterocycles. The van der Waals surface area contributed by atoms with Gasteiger partial charge in [0.1, 0.15) is 5.54 Å². The fourth-order valence-electron chi connectivity index (χ4n) is 2.81. The van der Waals surface area contributed by atoms with Gasteiger partial charge in [0.2, 0.25) is 12.9 Å². The number of hydrogen-bond donors (Lipinski definition) is 0. The molecule has 0 aromatic heterocycles. The van der Waals surface area contributed by atoms with Crippen molar-refractivity contribution in [2.45, 2.75) is 31.2 Å². The van der Waals surface area contributed by atoms with Crippen molar-refractivity contribution >= 4 is 22.0 Å². The Hall–Kier alpha value is -1.32. The number of rotatable bonds is 2. The summed E-state index contributed by atoms with van der Waals surface area (Å²) in [7, 11) is 0. The maximum Gasteiger partial charge on any atom is 0.235 e. The first-order chi connectivity index (χ1) is 8.75. The molecule has 1 saturated carbocycles. The summed E-state index contributed by atoms with van der Waals surface area (Å²) in [6.45, 7) is 0.222. The Morgan fingerprint density at radius 1 is 1.28 bits per heavy atom. The van der Waals surface area contributed by atoms with Crippen LogP contribution in [0, 0.1) is 0 Å². The Kier molecular flexibility index (Phi) is 2.88. The highest BCUT2D eigenvalue weighted by Gasteiger charge is 2.40. The first-order valence-electron chi connectivity index (χ1n) is 5.94. The molecule has 0 radical (unpaired) electrons. The third-order valence-corrected chi connectivity index (χ3v) is 4.09. The summed E-state index contributed by atoms with van der Waals surface area (Å²) in [5.41, 5.74) is 0.453. The van der Waals surface area contributed by atoms with Crippen LogP contribution in [-0.2, 0) is 10.3 Å². The van der Waals surface area contributed by atoms with Gasteiger partial charge in [0, 0.05) is 10.0 Å². The third-order valence-electron chi connectivity index (χ3n) is 3.63. The first-order valence-corrected chi connectivity index (χ1v) is 6.73. The van der Waals surface area contributed by atoms with Crippen LogP contribution in [0.1, 0.15) is 31.2 Å². The topological polar surface area (TPSA) is 47.9 Å². The minimum atomic E-state index is -0.483. The van der Waals surface area contributed by atoms with Crippen LogP contribution >= 0.6 is 15.9 Å². The van der Waals surface area contributed by atoms with E-state index in [4.69, 9.17) is 9.47 Å². The molecule has 2 aliphatic rings. The summed E-state index contributed by atoms with van der Waals surface area (Å²) >= 11 is 3.46. The van der Waals surface area contributed by atoms with Crippen molar-refractivity contribution in [2.24, 2.45) is 4.99 Å². The van der Waals surface area contributed by atoms with Gasteiger partial charge in [-0.1, -0.05) is 28.8 Å². The van der Waals surface area contributed by atoms with E-state index in [2.05, 4.69) is 20.9 Å². The second-order valence-corrected chi connectivity index (χ2v) is 5.54. The number of isocyanates is 1. The van der Waals surface area contributed by atoms with Gasteiger partial charge < -0.3 is 9.47 Å². The number of hydrogen-bond acceptors (Lipinski definition) is 4. The van der Waals surface area contributed by atoms with Gasteiger partial charge in [-0.3, -0.25) is 0 Å². The quantitative estimate of drug-likeness (QED) is 0.622. The highest BCUT2D eigenvalue weighted by molar-refractivity contribution is 9.10. The molecule has 0 saturated heterocycles. The van der Waals surface area contributed by atoms with Crippen molar-refractivity contribution in [3.05, 3.63) is 22.2 Å². The predicted molar refractivity (Wildman–Crippen MR) is 68.5 cm³/mol. The molecule has 0 bridgehead atoms. The Balaban J connectivity index is 2.18. The van der Waals surface area contributed by atoms with Crippen LogP contribution < -0.4 is 9.47 Å². The van der Waals surface area contributed by atoms with E-state index in [0.717, 1.165) is 41.5 Å². The second-order valence-electron chi connectivity index (χ2n) is 4.63. The molecule has 0 spiro atoms. The molecule has 1 fully saturated rings. The van der Waals surface area contributed by atoms with Gasteiger partial charge in [0.15, 0.2) is 11.5 Å². The lowest BCUT2D eigenvalue weighted by atomic mass is 9.88. The fraction of sp³-hybridized carbons (Fsp3) is 0.462. The van der Waals surface area contributed by atoms with Gasteiger partial charge in [0.05, 0.1) is 0 Å². The zero-order valence-electron chi connectivity index (χ0n) is 9.74. The van der Waals surface area contributed by atoms with E-state index in [9.17, 15) is 4.79 Å². The van der Waals surface area contributed by atoms with E-state index in [-0.39, 0.29) is 6.79 Å². The van der Waals surface area contributed by atoms with Crippen LogP contribution in [0.3, 0.4) is 0 Å². The normalized spacial score (nSPS) is 19.6. The minimum Gasteiger partial charge on any atom is -0.454 e. The summed E-state index contributed by atoms with van der Waals surface area (Å²) in [5.74, 6) is 1.44. The van der Waals surface area contributed by atoms with Crippen LogP contribution in [0.4, 0.5) is 0 Å². The molecule has 94 valence electrons. The zero-order chi connectivity index (χ0) is 12.6. The number of benzene rings is 1. The molecule has 1 aromatic rings. The van der Waals surface area contributed by atoms with E-state index >= 15 is 0 Å². The van der Waals surface area contributed by atoms with Crippen LogP contribution in [-0.4, -0.2) is 12.9 Å². The number of nitrogens with zero attached hydrogens (tertiary/aromatic N) is 1. The number of fused-ring (bicyclic) bond motifs is 1. The summed E-state index contributed by atoms with van der Waals surface area (Å²) in [6.07, 6.45) is 5.56. The van der Waals surface area contributed by atoms with Crippen LogP contribution in [0.15, 0.2) is 21.6 Å². The molecule has 5 heteroatoms. The number of carbonyl (C=O) groups excluding carboxylic acids is 1. The molecule has 0 unspecified atom stereocenters. The summed E-state index contributed by atoms with van der Waals surface area (Å²) < 4.78 is 11.9. The first kappa shape index (κ1) is 11.8.